The maximum Gasteiger partial charge on any atom is 0.184 e. The van der Waals surface area contributed by atoms with Gasteiger partial charge in [0.15, 0.2) is 5.88 Å². The van der Waals surface area contributed by atoms with E-state index in [1.54, 1.807) is 6.08 Å². The van der Waals surface area contributed by atoms with Gasteiger partial charge in [0.2, 0.25) is 0 Å². The number of ether oxygens (including phenoxy) is 1. The van der Waals surface area contributed by atoms with Crippen molar-refractivity contribution in [3.05, 3.63) is 59.2 Å². The van der Waals surface area contributed by atoms with Gasteiger partial charge in [0.25, 0.3) is 0 Å². The number of nitrogens with one attached hydrogen (secondary N) is 1. The van der Waals surface area contributed by atoms with Crippen LogP contribution in [0.4, 0.5) is 5.69 Å². The van der Waals surface area contributed by atoms with E-state index in [0.29, 0.717) is 11.3 Å². The van der Waals surface area contributed by atoms with Crippen molar-refractivity contribution in [3.8, 4) is 11.3 Å². The van der Waals surface area contributed by atoms with Gasteiger partial charge < -0.3 is 27.3 Å². The molecule has 124 valence electrons. The Bertz CT molecular complexity index is 824. The molecule has 1 aromatic carbocycles. The molecule has 0 atom stereocenters. The van der Waals surface area contributed by atoms with Crippen LogP contribution in [0.25, 0.3) is 22.9 Å². The summed E-state index contributed by atoms with van der Waals surface area (Å²) >= 11 is 0. The molecule has 24 heavy (non-hydrogen) atoms. The Morgan fingerprint density at radius 1 is 1.25 bits per heavy atom. The highest BCUT2D eigenvalue weighted by atomic mass is 16.5. The summed E-state index contributed by atoms with van der Waals surface area (Å²) in [6.45, 7) is 1.91. The lowest BCUT2D eigenvalue weighted by atomic mass is 9.98. The molecule has 0 unspecified atom stereocenters. The molecule has 0 aliphatic carbocycles. The Balaban J connectivity index is 2.59. The van der Waals surface area contributed by atoms with E-state index in [1.807, 2.05) is 37.3 Å². The second-order valence-electron chi connectivity index (χ2n) is 5.21. The zero-order valence-electron chi connectivity index (χ0n) is 13.7. The molecule has 0 radical (unpaired) electrons. The van der Waals surface area contributed by atoms with Crippen molar-refractivity contribution in [2.75, 3.05) is 12.8 Å². The summed E-state index contributed by atoms with van der Waals surface area (Å²) in [6.07, 6.45) is 4.25. The first-order valence-electron chi connectivity index (χ1n) is 7.31. The van der Waals surface area contributed by atoms with Crippen molar-refractivity contribution in [2.45, 2.75) is 6.92 Å². The van der Waals surface area contributed by atoms with E-state index in [1.165, 1.54) is 19.5 Å². The molecule has 0 bridgehead atoms. The number of allylic oxidation sites excluding steroid dienone is 1. The number of aryl methyl sites for hydroxylation is 1. The van der Waals surface area contributed by atoms with Crippen molar-refractivity contribution < 1.29 is 4.74 Å². The van der Waals surface area contributed by atoms with Crippen LogP contribution in [0.5, 0.6) is 0 Å². The van der Waals surface area contributed by atoms with Crippen LogP contribution < -0.4 is 17.2 Å². The van der Waals surface area contributed by atoms with Crippen molar-refractivity contribution >= 4 is 23.6 Å². The fourth-order valence-corrected chi connectivity index (χ4v) is 2.29. The molecule has 2 aromatic rings. The van der Waals surface area contributed by atoms with Crippen molar-refractivity contribution in [1.82, 2.24) is 4.98 Å². The summed E-state index contributed by atoms with van der Waals surface area (Å²) < 4.78 is 4.94. The first-order chi connectivity index (χ1) is 11.5. The highest BCUT2D eigenvalue weighted by Crippen LogP contribution is 2.29. The molecule has 0 saturated heterocycles. The molecule has 0 spiro atoms. The van der Waals surface area contributed by atoms with Crippen LogP contribution in [-0.2, 0) is 4.74 Å². The lowest BCUT2D eigenvalue weighted by Gasteiger charge is -2.12. The average molecular weight is 323 g/mol. The Morgan fingerprint density at radius 3 is 2.58 bits per heavy atom. The van der Waals surface area contributed by atoms with Crippen LogP contribution in [0.2, 0.25) is 0 Å². The van der Waals surface area contributed by atoms with E-state index in [2.05, 4.69) is 4.98 Å². The SMILES string of the molecule is CO/C(N)=C/c1ccc(-c2nc(C)ccc2C(C=N)=CN)cc1N. The van der Waals surface area contributed by atoms with E-state index in [4.69, 9.17) is 27.3 Å². The normalized spacial score (nSPS) is 12.1. The summed E-state index contributed by atoms with van der Waals surface area (Å²) in [7, 11) is 1.50. The minimum Gasteiger partial charge on any atom is -0.483 e. The van der Waals surface area contributed by atoms with E-state index in [-0.39, 0.29) is 5.88 Å². The van der Waals surface area contributed by atoms with Crippen molar-refractivity contribution in [3.63, 3.8) is 0 Å². The van der Waals surface area contributed by atoms with Gasteiger partial charge in [-0.25, -0.2) is 0 Å². The number of aromatic nitrogens is 1. The second kappa shape index (κ2) is 7.32. The average Bonchev–Trinajstić information content (AvgIpc) is 2.58. The van der Waals surface area contributed by atoms with Gasteiger partial charge in [-0.05, 0) is 19.1 Å². The van der Waals surface area contributed by atoms with Gasteiger partial charge in [0, 0.05) is 52.1 Å². The zero-order chi connectivity index (χ0) is 17.7. The Labute approximate surface area is 141 Å². The number of nitrogens with zero attached hydrogens (tertiary/aromatic N) is 1. The Kier molecular flexibility index (Phi) is 5.21. The van der Waals surface area contributed by atoms with E-state index >= 15 is 0 Å². The molecule has 6 heteroatoms. The number of nitrogens with two attached hydrogens (primary N) is 3. The molecule has 0 aliphatic rings. The highest BCUT2D eigenvalue weighted by molar-refractivity contribution is 6.10. The Hall–Kier alpha value is -3.28. The van der Waals surface area contributed by atoms with Gasteiger partial charge in [-0.2, -0.15) is 0 Å². The van der Waals surface area contributed by atoms with Crippen LogP contribution in [0.1, 0.15) is 16.8 Å². The number of nitrogen functional groups attached to an aromatic ring is 1. The minimum atomic E-state index is 0.279. The quantitative estimate of drug-likeness (QED) is 0.382. The Morgan fingerprint density at radius 2 is 2.00 bits per heavy atom. The standard InChI is InChI=1S/C18H21N5O/c1-11-3-6-15(14(9-19)10-20)18(23-11)13-5-4-12(16(21)7-13)8-17(22)24-2/h3-10,19H,20-22H2,1-2H3/b14-10?,17-8+,19-9?. The van der Waals surface area contributed by atoms with E-state index in [0.717, 1.165) is 28.1 Å². The van der Waals surface area contributed by atoms with Gasteiger partial charge in [-0.15, -0.1) is 0 Å². The number of hydrogen-bond donors (Lipinski definition) is 4. The first kappa shape index (κ1) is 17.1. The first-order valence-corrected chi connectivity index (χ1v) is 7.31. The third kappa shape index (κ3) is 3.55. The predicted octanol–water partition coefficient (Wildman–Crippen LogP) is 2.49. The summed E-state index contributed by atoms with van der Waals surface area (Å²) in [6, 6.07) is 9.34. The molecule has 0 amide bonds. The zero-order valence-corrected chi connectivity index (χ0v) is 13.7. The molecular formula is C18H21N5O. The summed E-state index contributed by atoms with van der Waals surface area (Å²) in [4.78, 5) is 4.59. The summed E-state index contributed by atoms with van der Waals surface area (Å²) in [5.74, 6) is 0.279. The maximum atomic E-state index is 7.52. The molecule has 2 rings (SSSR count). The number of anilines is 1. The lowest BCUT2D eigenvalue weighted by molar-refractivity contribution is 0.291. The molecule has 6 nitrogen and oxygen atoms in total. The minimum absolute atomic E-state index is 0.279. The summed E-state index contributed by atoms with van der Waals surface area (Å²) in [5, 5.41) is 7.52. The molecule has 0 aliphatic heterocycles. The monoisotopic (exact) mass is 323 g/mol. The van der Waals surface area contributed by atoms with Crippen LogP contribution in [0.15, 0.2) is 42.4 Å². The smallest absolute Gasteiger partial charge is 0.184 e. The number of rotatable bonds is 5. The third-order valence-corrected chi connectivity index (χ3v) is 3.57. The number of hydrogen-bond acceptors (Lipinski definition) is 6. The second-order valence-corrected chi connectivity index (χ2v) is 5.21. The molecule has 0 saturated carbocycles. The van der Waals surface area contributed by atoms with Gasteiger partial charge in [0.05, 0.1) is 12.8 Å². The van der Waals surface area contributed by atoms with E-state index < -0.39 is 0 Å². The molecule has 7 N–H and O–H groups in total. The number of pyridine rings is 1. The van der Waals surface area contributed by atoms with Crippen LogP contribution in [0, 0.1) is 12.3 Å². The molecule has 1 heterocycles. The van der Waals surface area contributed by atoms with E-state index in [9.17, 15) is 0 Å². The van der Waals surface area contributed by atoms with Gasteiger partial charge >= 0.3 is 0 Å². The van der Waals surface area contributed by atoms with Crippen molar-refractivity contribution in [1.29, 1.82) is 5.41 Å². The fraction of sp³-hybridized carbons (Fsp3) is 0.111. The number of methoxy groups -OCH3 is 1. The topological polar surface area (TPSA) is 124 Å². The highest BCUT2D eigenvalue weighted by Gasteiger charge is 2.12. The summed E-state index contributed by atoms with van der Waals surface area (Å²) in [5.41, 5.74) is 22.5. The third-order valence-electron chi connectivity index (χ3n) is 3.57. The van der Waals surface area contributed by atoms with Crippen LogP contribution in [-0.4, -0.2) is 18.3 Å². The lowest BCUT2D eigenvalue weighted by Crippen LogP contribution is -2.01. The fourth-order valence-electron chi connectivity index (χ4n) is 2.29. The van der Waals surface area contributed by atoms with Gasteiger partial charge in [-0.1, -0.05) is 18.2 Å². The van der Waals surface area contributed by atoms with Gasteiger partial charge in [-0.3, -0.25) is 4.98 Å². The molecular weight excluding hydrogens is 302 g/mol. The molecule has 1 aromatic heterocycles. The van der Waals surface area contributed by atoms with Crippen LogP contribution >= 0.6 is 0 Å². The number of benzene rings is 1. The van der Waals surface area contributed by atoms with Crippen LogP contribution in [0.3, 0.4) is 0 Å². The molecule has 0 fully saturated rings. The van der Waals surface area contributed by atoms with Gasteiger partial charge in [0.1, 0.15) is 0 Å². The van der Waals surface area contributed by atoms with Crippen molar-refractivity contribution in [2.24, 2.45) is 11.5 Å². The maximum absolute atomic E-state index is 7.52. The largest absolute Gasteiger partial charge is 0.483 e. The predicted molar refractivity (Wildman–Crippen MR) is 98.9 cm³/mol.